The van der Waals surface area contributed by atoms with Crippen molar-refractivity contribution in [3.63, 3.8) is 0 Å². The minimum atomic E-state index is -0.927. The van der Waals surface area contributed by atoms with Crippen molar-refractivity contribution in [2.45, 2.75) is 46.0 Å². The maximum absolute atomic E-state index is 13.1. The molecule has 6 nitrogen and oxygen atoms in total. The normalized spacial score (nSPS) is 29.5. The van der Waals surface area contributed by atoms with E-state index in [1.165, 1.54) is 11.3 Å². The summed E-state index contributed by atoms with van der Waals surface area (Å²) in [7, 11) is 0. The summed E-state index contributed by atoms with van der Waals surface area (Å²) < 4.78 is 5.40. The van der Waals surface area contributed by atoms with Crippen LogP contribution in [-0.2, 0) is 27.2 Å². The number of esters is 1. The van der Waals surface area contributed by atoms with Gasteiger partial charge in [-0.15, -0.1) is 11.3 Å². The van der Waals surface area contributed by atoms with E-state index in [1.807, 2.05) is 19.1 Å². The van der Waals surface area contributed by atoms with Gasteiger partial charge in [-0.3, -0.25) is 9.59 Å². The molecule has 0 spiro atoms. The van der Waals surface area contributed by atoms with Crippen LogP contribution in [0.25, 0.3) is 0 Å². The Kier molecular flexibility index (Phi) is 5.51. The Bertz CT molecular complexity index is 873. The van der Waals surface area contributed by atoms with Gasteiger partial charge in [0.2, 0.25) is 5.91 Å². The molecule has 2 bridgehead atoms. The van der Waals surface area contributed by atoms with Crippen molar-refractivity contribution >= 4 is 34.2 Å². The number of carbonyl (C=O) groups excluding carboxylic acids is 2. The van der Waals surface area contributed by atoms with Crippen LogP contribution in [0.3, 0.4) is 0 Å². The number of hydrogen-bond donors (Lipinski definition) is 2. The van der Waals surface area contributed by atoms with E-state index < -0.39 is 23.8 Å². The van der Waals surface area contributed by atoms with Crippen LogP contribution in [0.1, 0.15) is 53.9 Å². The molecule has 1 aromatic heterocycles. The number of thiophene rings is 1. The van der Waals surface area contributed by atoms with E-state index >= 15 is 0 Å². The number of aliphatic carboxylic acids is 1. The predicted octanol–water partition coefficient (Wildman–Crippen LogP) is 3.90. The number of nitrogens with one attached hydrogen (secondary N) is 1. The number of carbonyl (C=O) groups is 3. The molecule has 1 saturated carbocycles. The van der Waals surface area contributed by atoms with Crippen molar-refractivity contribution in [2.24, 2.45) is 29.6 Å². The van der Waals surface area contributed by atoms with Gasteiger partial charge >= 0.3 is 11.9 Å². The molecule has 1 fully saturated rings. The summed E-state index contributed by atoms with van der Waals surface area (Å²) in [6, 6.07) is 0. The summed E-state index contributed by atoms with van der Waals surface area (Å²) in [6.07, 6.45) is 8.02. The van der Waals surface area contributed by atoms with Crippen LogP contribution < -0.4 is 5.32 Å². The number of carboxylic acids is 1. The average Bonchev–Trinajstić information content (AvgIpc) is 3.37. The third-order valence-corrected chi connectivity index (χ3v) is 7.61. The highest BCUT2D eigenvalue weighted by molar-refractivity contribution is 7.17. The molecule has 3 aliphatic rings. The molecule has 1 amide bonds. The first-order chi connectivity index (χ1) is 13.9. The smallest absolute Gasteiger partial charge is 0.341 e. The van der Waals surface area contributed by atoms with Crippen LogP contribution in [-0.4, -0.2) is 29.6 Å². The maximum atomic E-state index is 13.1. The Morgan fingerprint density at radius 3 is 2.66 bits per heavy atom. The van der Waals surface area contributed by atoms with Crippen molar-refractivity contribution in [3.8, 4) is 0 Å². The van der Waals surface area contributed by atoms with Crippen molar-refractivity contribution in [1.82, 2.24) is 0 Å². The van der Waals surface area contributed by atoms with Crippen LogP contribution in [0, 0.1) is 29.6 Å². The molecule has 5 atom stereocenters. The molecule has 2 N–H and O–H groups in total. The molecule has 0 radical (unpaired) electrons. The van der Waals surface area contributed by atoms with Gasteiger partial charge < -0.3 is 15.2 Å². The fraction of sp³-hybridized carbons (Fsp3) is 0.591. The first-order valence-electron chi connectivity index (χ1n) is 10.4. The van der Waals surface area contributed by atoms with Gasteiger partial charge in [-0.2, -0.15) is 0 Å². The molecule has 7 heteroatoms. The Labute approximate surface area is 174 Å². The van der Waals surface area contributed by atoms with Crippen molar-refractivity contribution in [1.29, 1.82) is 0 Å². The van der Waals surface area contributed by atoms with Crippen LogP contribution in [0.5, 0.6) is 0 Å². The van der Waals surface area contributed by atoms with Crippen molar-refractivity contribution < 1.29 is 24.2 Å². The molecule has 4 rings (SSSR count). The number of hydrogen-bond acceptors (Lipinski definition) is 5. The zero-order valence-electron chi connectivity index (χ0n) is 16.8. The highest BCUT2D eigenvalue weighted by Crippen LogP contribution is 2.49. The first-order valence-corrected chi connectivity index (χ1v) is 11.3. The van der Waals surface area contributed by atoms with Gasteiger partial charge in [0, 0.05) is 4.88 Å². The number of carboxylic acid groups (broad SMARTS) is 1. The summed E-state index contributed by atoms with van der Waals surface area (Å²) in [5.74, 6) is -2.51. The predicted molar refractivity (Wildman–Crippen MR) is 110 cm³/mol. The zero-order chi connectivity index (χ0) is 20.7. The largest absolute Gasteiger partial charge is 0.481 e. The Morgan fingerprint density at radius 1 is 1.24 bits per heavy atom. The van der Waals surface area contributed by atoms with Crippen molar-refractivity contribution in [2.75, 3.05) is 11.9 Å². The standard InChI is InChI=1S/C22H27NO5S/c1-3-8-28-22(27)18-14-7-4-11(2)9-15(14)29-20(18)23-19(24)16-12-5-6-13(10-12)17(16)21(25)26/h5-6,11-13,16-17H,3-4,7-10H2,1-2H3,(H,23,24)(H,25,26)/t11-,12-,13-,16+,17-/m0/s1. The Balaban J connectivity index is 1.62. The minimum Gasteiger partial charge on any atom is -0.481 e. The average molecular weight is 418 g/mol. The van der Waals surface area contributed by atoms with E-state index in [-0.39, 0.29) is 17.7 Å². The topological polar surface area (TPSA) is 92.7 Å². The SMILES string of the molecule is CCCOC(=O)c1c(NC(=O)[C@H]2[C@@H](C(=O)O)[C@H]3C=C[C@H]2C3)sc2c1CC[C@H](C)C2. The number of rotatable bonds is 6. The van der Waals surface area contributed by atoms with Crippen LogP contribution >= 0.6 is 11.3 Å². The molecule has 1 aromatic rings. The third-order valence-electron chi connectivity index (χ3n) is 6.44. The summed E-state index contributed by atoms with van der Waals surface area (Å²) in [5, 5.41) is 13.1. The lowest BCUT2D eigenvalue weighted by Crippen LogP contribution is -2.36. The number of fused-ring (bicyclic) bond motifs is 3. The maximum Gasteiger partial charge on any atom is 0.341 e. The van der Waals surface area contributed by atoms with Gasteiger partial charge in [-0.05, 0) is 55.4 Å². The summed E-state index contributed by atoms with van der Waals surface area (Å²) in [6.45, 7) is 4.47. The zero-order valence-corrected chi connectivity index (χ0v) is 17.6. The lowest BCUT2D eigenvalue weighted by Gasteiger charge is -2.23. The Hall–Kier alpha value is -2.15. The number of anilines is 1. The van der Waals surface area contributed by atoms with E-state index in [9.17, 15) is 19.5 Å². The summed E-state index contributed by atoms with van der Waals surface area (Å²) in [5.41, 5.74) is 1.47. The number of ether oxygens (including phenoxy) is 1. The third kappa shape index (κ3) is 3.61. The fourth-order valence-electron chi connectivity index (χ4n) is 5.03. The monoisotopic (exact) mass is 417 g/mol. The molecule has 0 aliphatic heterocycles. The molecular weight excluding hydrogens is 390 g/mol. The molecule has 1 heterocycles. The molecular formula is C22H27NO5S. The lowest BCUT2D eigenvalue weighted by molar-refractivity contribution is -0.146. The first kappa shape index (κ1) is 20.1. The molecule has 156 valence electrons. The van der Waals surface area contributed by atoms with Gasteiger partial charge in [-0.1, -0.05) is 26.0 Å². The quantitative estimate of drug-likeness (QED) is 0.541. The van der Waals surface area contributed by atoms with Crippen LogP contribution in [0.15, 0.2) is 12.2 Å². The fourth-order valence-corrected chi connectivity index (χ4v) is 6.44. The van der Waals surface area contributed by atoms with Gasteiger partial charge in [0.15, 0.2) is 0 Å². The highest BCUT2D eigenvalue weighted by atomic mass is 32.1. The molecule has 3 aliphatic carbocycles. The molecule has 0 aromatic carbocycles. The van der Waals surface area contributed by atoms with Gasteiger partial charge in [-0.25, -0.2) is 4.79 Å². The second-order valence-electron chi connectivity index (χ2n) is 8.52. The van der Waals surface area contributed by atoms with Gasteiger partial charge in [0.25, 0.3) is 0 Å². The van der Waals surface area contributed by atoms with Gasteiger partial charge in [0.05, 0.1) is 24.0 Å². The second-order valence-corrected chi connectivity index (χ2v) is 9.62. The summed E-state index contributed by atoms with van der Waals surface area (Å²) >= 11 is 1.45. The molecule has 0 unspecified atom stereocenters. The van der Waals surface area contributed by atoms with E-state index in [4.69, 9.17) is 4.74 Å². The van der Waals surface area contributed by atoms with E-state index in [0.717, 1.165) is 36.1 Å². The summed E-state index contributed by atoms with van der Waals surface area (Å²) in [4.78, 5) is 38.8. The Morgan fingerprint density at radius 2 is 1.97 bits per heavy atom. The second kappa shape index (κ2) is 7.94. The lowest BCUT2D eigenvalue weighted by atomic mass is 9.82. The minimum absolute atomic E-state index is 0.0498. The number of allylic oxidation sites excluding steroid dienone is 2. The molecule has 29 heavy (non-hydrogen) atoms. The van der Waals surface area contributed by atoms with Crippen LogP contribution in [0.2, 0.25) is 0 Å². The van der Waals surface area contributed by atoms with Gasteiger partial charge in [0.1, 0.15) is 5.00 Å². The molecule has 0 saturated heterocycles. The van der Waals surface area contributed by atoms with E-state index in [2.05, 4.69) is 12.2 Å². The van der Waals surface area contributed by atoms with E-state index in [1.54, 1.807) is 0 Å². The van der Waals surface area contributed by atoms with Crippen LogP contribution in [0.4, 0.5) is 5.00 Å². The number of amides is 1. The highest BCUT2D eigenvalue weighted by Gasteiger charge is 2.51. The van der Waals surface area contributed by atoms with Crippen molar-refractivity contribution in [3.05, 3.63) is 28.2 Å². The van der Waals surface area contributed by atoms with E-state index in [0.29, 0.717) is 29.5 Å².